The van der Waals surface area contributed by atoms with Gasteiger partial charge in [0.05, 0.1) is 18.5 Å². The van der Waals surface area contributed by atoms with Gasteiger partial charge in [-0.05, 0) is 36.8 Å². The first-order valence-corrected chi connectivity index (χ1v) is 7.64. The second kappa shape index (κ2) is 6.70. The van der Waals surface area contributed by atoms with Gasteiger partial charge in [-0.2, -0.15) is 0 Å². The molecule has 0 unspecified atom stereocenters. The summed E-state index contributed by atoms with van der Waals surface area (Å²) in [6, 6.07) is 11.1. The summed E-state index contributed by atoms with van der Waals surface area (Å²) >= 11 is 0. The van der Waals surface area contributed by atoms with E-state index in [1.54, 1.807) is 23.1 Å². The van der Waals surface area contributed by atoms with Crippen LogP contribution in [-0.2, 0) is 4.79 Å². The molecule has 1 N–H and O–H groups in total. The molecular weight excluding hydrogens is 311 g/mol. The minimum Gasteiger partial charge on any atom is -0.494 e. The van der Waals surface area contributed by atoms with Gasteiger partial charge in [0.2, 0.25) is 5.91 Å². The number of hydrogen-bond acceptors (Lipinski definition) is 3. The monoisotopic (exact) mass is 328 g/mol. The SMILES string of the molecule is COc1ccc(C(=O)Nc2ccccc2N2CCCC2=O)cc1F. The summed E-state index contributed by atoms with van der Waals surface area (Å²) in [5.41, 5.74) is 1.35. The highest BCUT2D eigenvalue weighted by molar-refractivity contribution is 6.08. The first kappa shape index (κ1) is 16.0. The smallest absolute Gasteiger partial charge is 0.255 e. The molecule has 3 rings (SSSR count). The van der Waals surface area contributed by atoms with Crippen LogP contribution < -0.4 is 15.0 Å². The number of nitrogens with one attached hydrogen (secondary N) is 1. The van der Waals surface area contributed by atoms with Crippen molar-refractivity contribution in [2.45, 2.75) is 12.8 Å². The largest absolute Gasteiger partial charge is 0.494 e. The first-order chi connectivity index (χ1) is 11.6. The zero-order chi connectivity index (χ0) is 17.1. The Morgan fingerprint density at radius 1 is 1.25 bits per heavy atom. The first-order valence-electron chi connectivity index (χ1n) is 7.64. The maximum atomic E-state index is 13.8. The number of benzene rings is 2. The van der Waals surface area contributed by atoms with E-state index in [1.807, 2.05) is 6.07 Å². The molecule has 5 nitrogen and oxygen atoms in total. The summed E-state index contributed by atoms with van der Waals surface area (Å²) in [5, 5.41) is 2.75. The third kappa shape index (κ3) is 3.08. The van der Waals surface area contributed by atoms with Crippen LogP contribution in [0.2, 0.25) is 0 Å². The number of carbonyl (C=O) groups is 2. The molecule has 2 amide bonds. The third-order valence-electron chi connectivity index (χ3n) is 3.93. The van der Waals surface area contributed by atoms with E-state index in [0.29, 0.717) is 24.3 Å². The average Bonchev–Trinajstić information content (AvgIpc) is 3.01. The van der Waals surface area contributed by atoms with Crippen LogP contribution >= 0.6 is 0 Å². The summed E-state index contributed by atoms with van der Waals surface area (Å²) in [5.74, 6) is -0.939. The number of methoxy groups -OCH3 is 1. The van der Waals surface area contributed by atoms with E-state index < -0.39 is 11.7 Å². The molecule has 0 spiro atoms. The number of anilines is 2. The zero-order valence-electron chi connectivity index (χ0n) is 13.2. The second-order valence-electron chi connectivity index (χ2n) is 5.47. The van der Waals surface area contributed by atoms with Crippen LogP contribution in [0, 0.1) is 5.82 Å². The van der Waals surface area contributed by atoms with Crippen LogP contribution in [0.15, 0.2) is 42.5 Å². The van der Waals surface area contributed by atoms with E-state index >= 15 is 0 Å². The predicted molar refractivity (Wildman–Crippen MR) is 88.9 cm³/mol. The molecule has 0 aromatic heterocycles. The fourth-order valence-corrected chi connectivity index (χ4v) is 2.72. The van der Waals surface area contributed by atoms with Crippen molar-refractivity contribution >= 4 is 23.2 Å². The molecule has 1 aliphatic heterocycles. The number of ether oxygens (including phenoxy) is 1. The highest BCUT2D eigenvalue weighted by Crippen LogP contribution is 2.30. The minimum atomic E-state index is -0.604. The van der Waals surface area contributed by atoms with Crippen molar-refractivity contribution < 1.29 is 18.7 Å². The molecule has 0 saturated carbocycles. The van der Waals surface area contributed by atoms with Crippen molar-refractivity contribution in [3.63, 3.8) is 0 Å². The fourth-order valence-electron chi connectivity index (χ4n) is 2.72. The van der Waals surface area contributed by atoms with Crippen LogP contribution in [0.3, 0.4) is 0 Å². The lowest BCUT2D eigenvalue weighted by atomic mass is 10.1. The van der Waals surface area contributed by atoms with Gasteiger partial charge in [-0.3, -0.25) is 9.59 Å². The molecule has 1 aliphatic rings. The molecule has 124 valence electrons. The van der Waals surface area contributed by atoms with Crippen LogP contribution in [0.5, 0.6) is 5.75 Å². The van der Waals surface area contributed by atoms with Gasteiger partial charge in [0.1, 0.15) is 0 Å². The van der Waals surface area contributed by atoms with Gasteiger partial charge in [-0.1, -0.05) is 12.1 Å². The van der Waals surface area contributed by atoms with Crippen LogP contribution in [-0.4, -0.2) is 25.5 Å². The van der Waals surface area contributed by atoms with Crippen molar-refractivity contribution in [2.75, 3.05) is 23.9 Å². The Kier molecular flexibility index (Phi) is 4.46. The molecule has 1 fully saturated rings. The molecule has 6 heteroatoms. The Labute approximate surface area is 139 Å². The number of amides is 2. The molecule has 24 heavy (non-hydrogen) atoms. The van der Waals surface area contributed by atoms with Gasteiger partial charge in [0, 0.05) is 18.5 Å². The van der Waals surface area contributed by atoms with Gasteiger partial charge < -0.3 is 15.0 Å². The molecule has 0 atom stereocenters. The van der Waals surface area contributed by atoms with Crippen molar-refractivity contribution in [3.05, 3.63) is 53.8 Å². The standard InChI is InChI=1S/C18H17FN2O3/c1-24-16-9-8-12(11-13(16)19)18(23)20-14-5-2-3-6-15(14)21-10-4-7-17(21)22/h2-3,5-6,8-9,11H,4,7,10H2,1H3,(H,20,23). The Bertz CT molecular complexity index is 792. The van der Waals surface area contributed by atoms with Crippen molar-refractivity contribution in [3.8, 4) is 5.75 Å². The predicted octanol–water partition coefficient (Wildman–Crippen LogP) is 3.21. The number of nitrogens with zero attached hydrogens (tertiary/aromatic N) is 1. The van der Waals surface area contributed by atoms with Crippen molar-refractivity contribution in [2.24, 2.45) is 0 Å². The quantitative estimate of drug-likeness (QED) is 0.937. The molecule has 1 heterocycles. The highest BCUT2D eigenvalue weighted by Gasteiger charge is 2.24. The van der Waals surface area contributed by atoms with E-state index in [9.17, 15) is 14.0 Å². The summed E-state index contributed by atoms with van der Waals surface area (Å²) in [4.78, 5) is 26.0. The van der Waals surface area contributed by atoms with E-state index in [0.717, 1.165) is 12.5 Å². The van der Waals surface area contributed by atoms with Gasteiger partial charge in [0.15, 0.2) is 11.6 Å². The number of rotatable bonds is 4. The number of halogens is 1. The minimum absolute atomic E-state index is 0.0344. The lowest BCUT2D eigenvalue weighted by molar-refractivity contribution is -0.117. The van der Waals surface area contributed by atoms with Crippen molar-refractivity contribution in [1.29, 1.82) is 0 Å². The Hall–Kier alpha value is -2.89. The molecule has 0 aliphatic carbocycles. The average molecular weight is 328 g/mol. The van der Waals surface area contributed by atoms with Crippen LogP contribution in [0.25, 0.3) is 0 Å². The van der Waals surface area contributed by atoms with E-state index in [4.69, 9.17) is 4.74 Å². The third-order valence-corrected chi connectivity index (χ3v) is 3.93. The summed E-state index contributed by atoms with van der Waals surface area (Å²) in [6.45, 7) is 0.628. The maximum absolute atomic E-state index is 13.8. The molecule has 2 aromatic carbocycles. The topological polar surface area (TPSA) is 58.6 Å². The molecule has 2 aromatic rings. The molecule has 0 radical (unpaired) electrons. The number of para-hydroxylation sites is 2. The van der Waals surface area contributed by atoms with E-state index in [1.165, 1.54) is 19.2 Å². The Morgan fingerprint density at radius 2 is 2.04 bits per heavy atom. The number of carbonyl (C=O) groups excluding carboxylic acids is 2. The van der Waals surface area contributed by atoms with Gasteiger partial charge in [-0.25, -0.2) is 4.39 Å². The summed E-state index contributed by atoms with van der Waals surface area (Å²) in [6.07, 6.45) is 1.30. The van der Waals surface area contributed by atoms with Crippen LogP contribution in [0.4, 0.5) is 15.8 Å². The van der Waals surface area contributed by atoms with E-state index in [-0.39, 0.29) is 17.2 Å². The fraction of sp³-hybridized carbons (Fsp3) is 0.222. The normalized spacial score (nSPS) is 13.9. The zero-order valence-corrected chi connectivity index (χ0v) is 13.2. The Morgan fingerprint density at radius 3 is 2.71 bits per heavy atom. The Balaban J connectivity index is 1.85. The number of hydrogen-bond donors (Lipinski definition) is 1. The highest BCUT2D eigenvalue weighted by atomic mass is 19.1. The molecular formula is C18H17FN2O3. The van der Waals surface area contributed by atoms with Gasteiger partial charge >= 0.3 is 0 Å². The summed E-state index contributed by atoms with van der Waals surface area (Å²) < 4.78 is 18.6. The van der Waals surface area contributed by atoms with Crippen LogP contribution in [0.1, 0.15) is 23.2 Å². The summed E-state index contributed by atoms with van der Waals surface area (Å²) in [7, 11) is 1.36. The van der Waals surface area contributed by atoms with Gasteiger partial charge in [-0.15, -0.1) is 0 Å². The lowest BCUT2D eigenvalue weighted by Gasteiger charge is -2.20. The maximum Gasteiger partial charge on any atom is 0.255 e. The van der Waals surface area contributed by atoms with Crippen molar-refractivity contribution in [1.82, 2.24) is 0 Å². The molecule has 0 bridgehead atoms. The molecule has 1 saturated heterocycles. The lowest BCUT2D eigenvalue weighted by Crippen LogP contribution is -2.25. The van der Waals surface area contributed by atoms with E-state index in [2.05, 4.69) is 5.32 Å². The second-order valence-corrected chi connectivity index (χ2v) is 5.47. The van der Waals surface area contributed by atoms with Gasteiger partial charge in [0.25, 0.3) is 5.91 Å².